The molecular weight excluding hydrogens is 497 g/mol. The van der Waals surface area contributed by atoms with Crippen molar-refractivity contribution in [1.29, 1.82) is 0 Å². The maximum atomic E-state index is 11.9. The molecule has 0 bridgehead atoms. The summed E-state index contributed by atoms with van der Waals surface area (Å²) in [5, 5.41) is 13.3. The molecule has 2 rings (SSSR count). The Morgan fingerprint density at radius 2 is 1.97 bits per heavy atom. The van der Waals surface area contributed by atoms with Crippen LogP contribution in [0.25, 0.3) is 10.4 Å². The van der Waals surface area contributed by atoms with Crippen LogP contribution in [0.4, 0.5) is 0 Å². The Labute approximate surface area is 240 Å². The minimum absolute atomic E-state index is 0. The van der Waals surface area contributed by atoms with Crippen LogP contribution < -0.4 is 115 Å². The monoisotopic (exact) mass is 509 g/mol. The van der Waals surface area contributed by atoms with Gasteiger partial charge in [-0.2, -0.15) is 0 Å². The van der Waals surface area contributed by atoms with Gasteiger partial charge in [-0.3, -0.25) is 23.2 Å². The Kier molecular flexibility index (Phi) is 14.7. The van der Waals surface area contributed by atoms with Crippen molar-refractivity contribution in [3.63, 3.8) is 0 Å². The molecule has 0 amide bonds. The molecule has 2 heterocycles. The van der Waals surface area contributed by atoms with Gasteiger partial charge in [0.05, 0.1) is 20.5 Å². The molecule has 1 aliphatic rings. The van der Waals surface area contributed by atoms with Crippen molar-refractivity contribution in [3.05, 3.63) is 43.0 Å². The summed E-state index contributed by atoms with van der Waals surface area (Å²) in [6.45, 7) is 0.103. The molecule has 4 atom stereocenters. The average Bonchev–Trinajstić information content (AvgIpc) is 2.84. The maximum Gasteiger partial charge on any atom is 1.00 e. The largest absolute Gasteiger partial charge is 1.00 e. The number of hydrogen-bond acceptors (Lipinski definition) is 12. The number of aromatic nitrogens is 2. The number of aliphatic hydroxyl groups is 1. The summed E-state index contributed by atoms with van der Waals surface area (Å²) in [5.74, 6) is 0. The number of hydrogen-bond donors (Lipinski definition) is 2. The quantitative estimate of drug-likeness (QED) is 0.115. The summed E-state index contributed by atoms with van der Waals surface area (Å²) in [7, 11) is -11.7. The average molecular weight is 509 g/mol. The van der Waals surface area contributed by atoms with Crippen molar-refractivity contribution < 1.29 is 131 Å². The van der Waals surface area contributed by atoms with Crippen molar-refractivity contribution in [2.75, 3.05) is 6.61 Å². The van der Waals surface area contributed by atoms with Gasteiger partial charge in [0.1, 0.15) is 6.23 Å². The second kappa shape index (κ2) is 13.3. The van der Waals surface area contributed by atoms with E-state index in [0.717, 1.165) is 10.8 Å². The smallest absolute Gasteiger partial charge is 0.790 e. The topological polar surface area (TPSA) is 255 Å². The molecule has 31 heavy (non-hydrogen) atoms. The van der Waals surface area contributed by atoms with Crippen LogP contribution >= 0.6 is 15.6 Å². The van der Waals surface area contributed by atoms with Crippen LogP contribution in [0.3, 0.4) is 0 Å². The Bertz CT molecular complexity index is 1020. The number of phosphoric ester groups is 1. The third-order valence-corrected chi connectivity index (χ3v) is 5.63. The van der Waals surface area contributed by atoms with E-state index < -0.39 is 58.0 Å². The molecule has 1 aromatic heterocycles. The Balaban J connectivity index is 0. The normalized spacial score (nSPS) is 24.5. The number of nitrogens with one attached hydrogen (secondary N) is 1. The predicted molar refractivity (Wildman–Crippen MR) is 80.9 cm³/mol. The molecule has 21 heteroatoms. The zero-order chi connectivity index (χ0) is 21.3. The number of nitrogens with zero attached hydrogens (tertiary/aromatic N) is 4. The summed E-state index contributed by atoms with van der Waals surface area (Å²) >= 11 is 0. The van der Waals surface area contributed by atoms with E-state index in [0.29, 0.717) is 0 Å². The maximum absolute atomic E-state index is 11.9. The standard InChI is InChI=1S/C10H15N5O11P2.3Na/c1-5-3-15(9(18)12-8(5)17)7-2-6(16)10(25-7,13-14-11)4-24-28(22,23)26-27(19,20)21;;;/h3,6-7,16H,2,4H2,1H3,(H,22,23)(H,12,17,18)(H2,19,20,21);;;/q;3*+1/p-3/t6-,7+,10+;;;/m0.../s1. The van der Waals surface area contributed by atoms with Gasteiger partial charge in [0.15, 0.2) is 5.72 Å². The summed E-state index contributed by atoms with van der Waals surface area (Å²) in [5.41, 5.74) is 4.78. The van der Waals surface area contributed by atoms with Gasteiger partial charge in [0, 0.05) is 23.1 Å². The fourth-order valence-electron chi connectivity index (χ4n) is 2.35. The van der Waals surface area contributed by atoms with E-state index >= 15 is 0 Å². The molecule has 1 aliphatic heterocycles. The summed E-state index contributed by atoms with van der Waals surface area (Å²) in [6.07, 6.45) is -2.35. The summed E-state index contributed by atoms with van der Waals surface area (Å²) in [6, 6.07) is 0. The van der Waals surface area contributed by atoms with Crippen LogP contribution in [0, 0.1) is 6.92 Å². The Morgan fingerprint density at radius 1 is 1.39 bits per heavy atom. The summed E-state index contributed by atoms with van der Waals surface area (Å²) in [4.78, 5) is 60.0. The first-order chi connectivity index (χ1) is 12.8. The van der Waals surface area contributed by atoms with Gasteiger partial charge in [-0.15, -0.1) is 0 Å². The first kappa shape index (κ1) is 34.3. The van der Waals surface area contributed by atoms with Gasteiger partial charge in [-0.1, -0.05) is 5.11 Å². The molecule has 16 nitrogen and oxygen atoms in total. The van der Waals surface area contributed by atoms with Crippen LogP contribution in [0.1, 0.15) is 18.2 Å². The molecule has 0 spiro atoms. The van der Waals surface area contributed by atoms with E-state index in [1.807, 2.05) is 4.98 Å². The van der Waals surface area contributed by atoms with E-state index in [4.69, 9.17) is 10.3 Å². The van der Waals surface area contributed by atoms with Gasteiger partial charge in [-0.05, 0) is 12.5 Å². The van der Waals surface area contributed by atoms with Gasteiger partial charge in [0.25, 0.3) is 13.4 Å². The molecule has 1 unspecified atom stereocenters. The molecule has 2 N–H and O–H groups in total. The number of ether oxygens (including phenoxy) is 1. The minimum Gasteiger partial charge on any atom is -0.790 e. The van der Waals surface area contributed by atoms with Crippen molar-refractivity contribution >= 4 is 15.6 Å². The Hall–Kier alpha value is 1.17. The van der Waals surface area contributed by atoms with Gasteiger partial charge >= 0.3 is 94.4 Å². The number of aryl methyl sites for hydroxylation is 1. The number of aliphatic hydroxyl groups excluding tert-OH is 1. The molecule has 0 radical (unpaired) electrons. The van der Waals surface area contributed by atoms with Crippen molar-refractivity contribution in [2.24, 2.45) is 5.11 Å². The first-order valence-electron chi connectivity index (χ1n) is 7.22. The molecule has 1 fully saturated rings. The van der Waals surface area contributed by atoms with Crippen LogP contribution in [0.5, 0.6) is 0 Å². The predicted octanol–water partition coefficient (Wildman–Crippen LogP) is -11.5. The molecular formula is C10H12N5Na3O11P2. The SMILES string of the molecule is Cc1cn([C@H]2C[C@H](O)[C@](COP(=O)([O-])OP(=O)([O-])[O-])(N=[N+]=[N-])O2)c(=O)[nH]c1=O.[Na+].[Na+].[Na+]. The van der Waals surface area contributed by atoms with Crippen LogP contribution in [-0.2, 0) is 22.7 Å². The zero-order valence-electron chi connectivity index (χ0n) is 16.9. The van der Waals surface area contributed by atoms with E-state index in [9.17, 15) is 38.5 Å². The van der Waals surface area contributed by atoms with Crippen molar-refractivity contribution in [2.45, 2.75) is 31.4 Å². The van der Waals surface area contributed by atoms with Gasteiger partial charge in [-0.25, -0.2) is 4.79 Å². The number of H-pyrrole nitrogens is 1. The zero-order valence-corrected chi connectivity index (χ0v) is 24.6. The number of aromatic amines is 1. The fourth-order valence-corrected chi connectivity index (χ4v) is 3.86. The van der Waals surface area contributed by atoms with Gasteiger partial charge < -0.3 is 33.6 Å². The second-order valence-corrected chi connectivity index (χ2v) is 8.29. The number of azide groups is 1. The molecule has 1 saturated heterocycles. The van der Waals surface area contributed by atoms with Crippen LogP contribution in [0.15, 0.2) is 20.9 Å². The van der Waals surface area contributed by atoms with Crippen molar-refractivity contribution in [1.82, 2.24) is 9.55 Å². The van der Waals surface area contributed by atoms with E-state index in [2.05, 4.69) is 18.9 Å². The third kappa shape index (κ3) is 9.38. The van der Waals surface area contributed by atoms with E-state index in [1.54, 1.807) is 0 Å². The van der Waals surface area contributed by atoms with Crippen LogP contribution in [-0.4, -0.2) is 33.1 Å². The van der Waals surface area contributed by atoms with E-state index in [-0.39, 0.29) is 94.2 Å². The number of rotatable bonds is 7. The minimum atomic E-state index is -5.96. The fraction of sp³-hybridized carbons (Fsp3) is 0.600. The van der Waals surface area contributed by atoms with E-state index in [1.165, 1.54) is 6.92 Å². The third-order valence-electron chi connectivity index (χ3n) is 3.59. The van der Waals surface area contributed by atoms with Gasteiger partial charge in [0.2, 0.25) is 0 Å². The Morgan fingerprint density at radius 3 is 2.48 bits per heavy atom. The molecule has 1 aromatic rings. The second-order valence-electron chi connectivity index (χ2n) is 5.59. The van der Waals surface area contributed by atoms with Crippen LogP contribution in [0.2, 0.25) is 0 Å². The molecule has 0 aliphatic carbocycles. The molecule has 0 saturated carbocycles. The molecule has 0 aromatic carbocycles. The summed E-state index contributed by atoms with van der Waals surface area (Å²) < 4.78 is 35.4. The number of phosphoric acid groups is 2. The van der Waals surface area contributed by atoms with Crippen molar-refractivity contribution in [3.8, 4) is 0 Å². The molecule has 156 valence electrons. The first-order valence-corrected chi connectivity index (χ1v) is 10.1.